The molecule has 5 heteroatoms. The van der Waals surface area contributed by atoms with Crippen LogP contribution in [0, 0.1) is 0 Å². The van der Waals surface area contributed by atoms with Crippen molar-refractivity contribution in [3.8, 4) is 5.75 Å². The second-order valence-electron chi connectivity index (χ2n) is 4.35. The average molecular weight is 306 g/mol. The molecular formula is C15H12ClNO2S. The number of ether oxygens (including phenoxy) is 1. The molecule has 0 bridgehead atoms. The van der Waals surface area contributed by atoms with Crippen LogP contribution in [0.3, 0.4) is 0 Å². The SMILES string of the molecule is COc1ccc2c(c1Cl)Sc1ccccc1N2C(C)=O. The molecule has 2 aromatic rings. The third-order valence-corrected chi connectivity index (χ3v) is 4.80. The summed E-state index contributed by atoms with van der Waals surface area (Å²) >= 11 is 7.93. The van der Waals surface area contributed by atoms with Crippen LogP contribution in [0.1, 0.15) is 6.92 Å². The van der Waals surface area contributed by atoms with E-state index in [9.17, 15) is 4.79 Å². The van der Waals surface area contributed by atoms with Crippen molar-refractivity contribution >= 4 is 40.6 Å². The Morgan fingerprint density at radius 1 is 1.20 bits per heavy atom. The van der Waals surface area contributed by atoms with E-state index in [2.05, 4.69) is 0 Å². The summed E-state index contributed by atoms with van der Waals surface area (Å²) in [6, 6.07) is 11.4. The number of halogens is 1. The van der Waals surface area contributed by atoms with E-state index in [1.165, 1.54) is 0 Å². The van der Waals surface area contributed by atoms with E-state index in [-0.39, 0.29) is 5.91 Å². The van der Waals surface area contributed by atoms with Crippen LogP contribution in [0.2, 0.25) is 5.02 Å². The lowest BCUT2D eigenvalue weighted by molar-refractivity contribution is -0.115. The topological polar surface area (TPSA) is 29.5 Å². The summed E-state index contributed by atoms with van der Waals surface area (Å²) < 4.78 is 5.25. The number of hydrogen-bond acceptors (Lipinski definition) is 3. The van der Waals surface area contributed by atoms with Gasteiger partial charge >= 0.3 is 0 Å². The summed E-state index contributed by atoms with van der Waals surface area (Å²) in [5.74, 6) is 0.570. The van der Waals surface area contributed by atoms with E-state index in [0.29, 0.717) is 10.8 Å². The number of benzene rings is 2. The number of methoxy groups -OCH3 is 1. The maximum Gasteiger partial charge on any atom is 0.228 e. The lowest BCUT2D eigenvalue weighted by Gasteiger charge is -2.31. The highest BCUT2D eigenvalue weighted by atomic mass is 35.5. The minimum atomic E-state index is -0.0415. The summed E-state index contributed by atoms with van der Waals surface area (Å²) in [7, 11) is 1.58. The fourth-order valence-electron chi connectivity index (χ4n) is 2.27. The van der Waals surface area contributed by atoms with Gasteiger partial charge in [0.25, 0.3) is 0 Å². The van der Waals surface area contributed by atoms with E-state index in [0.717, 1.165) is 21.2 Å². The Labute approximate surface area is 126 Å². The van der Waals surface area contributed by atoms with Gasteiger partial charge in [0.1, 0.15) is 5.75 Å². The van der Waals surface area contributed by atoms with Crippen molar-refractivity contribution in [1.29, 1.82) is 0 Å². The van der Waals surface area contributed by atoms with Gasteiger partial charge in [-0.1, -0.05) is 35.5 Å². The Bertz CT molecular complexity index is 702. The Kier molecular flexibility index (Phi) is 3.36. The lowest BCUT2D eigenvalue weighted by atomic mass is 10.2. The molecule has 0 fully saturated rings. The number of nitrogens with zero attached hydrogens (tertiary/aromatic N) is 1. The predicted octanol–water partition coefficient (Wildman–Crippen LogP) is 4.50. The number of fused-ring (bicyclic) bond motifs is 2. The highest BCUT2D eigenvalue weighted by molar-refractivity contribution is 7.99. The van der Waals surface area contributed by atoms with E-state index >= 15 is 0 Å². The molecule has 0 radical (unpaired) electrons. The van der Waals surface area contributed by atoms with Gasteiger partial charge in [0.05, 0.1) is 28.4 Å². The largest absolute Gasteiger partial charge is 0.495 e. The summed E-state index contributed by atoms with van der Waals surface area (Å²) in [4.78, 5) is 15.6. The van der Waals surface area contributed by atoms with Gasteiger partial charge in [-0.05, 0) is 24.3 Å². The maximum absolute atomic E-state index is 12.0. The zero-order valence-electron chi connectivity index (χ0n) is 11.0. The van der Waals surface area contributed by atoms with Gasteiger partial charge < -0.3 is 4.74 Å². The van der Waals surface area contributed by atoms with E-state index in [1.807, 2.05) is 30.3 Å². The number of anilines is 2. The highest BCUT2D eigenvalue weighted by Crippen LogP contribution is 2.52. The van der Waals surface area contributed by atoms with Crippen LogP contribution < -0.4 is 9.64 Å². The quantitative estimate of drug-likeness (QED) is 0.777. The van der Waals surface area contributed by atoms with Crippen LogP contribution in [0.4, 0.5) is 11.4 Å². The van der Waals surface area contributed by atoms with Gasteiger partial charge in [0, 0.05) is 11.8 Å². The summed E-state index contributed by atoms with van der Waals surface area (Å²) in [6.45, 7) is 1.55. The molecule has 0 spiro atoms. The first-order valence-electron chi connectivity index (χ1n) is 6.07. The molecule has 102 valence electrons. The summed E-state index contributed by atoms with van der Waals surface area (Å²) in [5.41, 5.74) is 1.69. The van der Waals surface area contributed by atoms with Crippen LogP contribution in [0.5, 0.6) is 5.75 Å². The van der Waals surface area contributed by atoms with Crippen LogP contribution in [0.25, 0.3) is 0 Å². The molecule has 3 nitrogen and oxygen atoms in total. The number of hydrogen-bond donors (Lipinski definition) is 0. The van der Waals surface area contributed by atoms with Crippen LogP contribution in [-0.4, -0.2) is 13.0 Å². The number of carbonyl (C=O) groups excluding carboxylic acids is 1. The van der Waals surface area contributed by atoms with E-state index in [4.69, 9.17) is 16.3 Å². The van der Waals surface area contributed by atoms with Gasteiger partial charge in [0.2, 0.25) is 5.91 Å². The third kappa shape index (κ3) is 1.96. The number of carbonyl (C=O) groups is 1. The van der Waals surface area contributed by atoms with Gasteiger partial charge in [-0.3, -0.25) is 9.69 Å². The fraction of sp³-hybridized carbons (Fsp3) is 0.133. The Hall–Kier alpha value is -1.65. The third-order valence-electron chi connectivity index (χ3n) is 3.13. The van der Waals surface area contributed by atoms with Crippen molar-refractivity contribution in [3.63, 3.8) is 0 Å². The minimum Gasteiger partial charge on any atom is -0.495 e. The highest BCUT2D eigenvalue weighted by Gasteiger charge is 2.28. The first-order valence-corrected chi connectivity index (χ1v) is 7.27. The van der Waals surface area contributed by atoms with Gasteiger partial charge in [0.15, 0.2) is 0 Å². The van der Waals surface area contributed by atoms with Crippen molar-refractivity contribution in [3.05, 3.63) is 41.4 Å². The molecule has 0 aromatic heterocycles. The second kappa shape index (κ2) is 5.04. The minimum absolute atomic E-state index is 0.0415. The maximum atomic E-state index is 12.0. The molecule has 0 saturated heterocycles. The molecule has 0 atom stereocenters. The molecule has 1 heterocycles. The van der Waals surface area contributed by atoms with E-state index in [1.54, 1.807) is 36.8 Å². The van der Waals surface area contributed by atoms with Crippen LogP contribution in [-0.2, 0) is 4.79 Å². The first-order chi connectivity index (χ1) is 9.63. The van der Waals surface area contributed by atoms with E-state index < -0.39 is 0 Å². The van der Waals surface area contributed by atoms with Crippen LogP contribution in [0.15, 0.2) is 46.2 Å². The molecule has 1 aliphatic rings. The molecule has 0 aliphatic carbocycles. The first kappa shape index (κ1) is 13.3. The molecule has 0 N–H and O–H groups in total. The van der Waals surface area contributed by atoms with Crippen molar-refractivity contribution < 1.29 is 9.53 Å². The van der Waals surface area contributed by atoms with Gasteiger partial charge in [-0.15, -0.1) is 0 Å². The number of amides is 1. The normalized spacial score (nSPS) is 12.7. The zero-order chi connectivity index (χ0) is 14.3. The lowest BCUT2D eigenvalue weighted by Crippen LogP contribution is -2.25. The Morgan fingerprint density at radius 3 is 2.65 bits per heavy atom. The molecule has 1 aliphatic heterocycles. The molecule has 20 heavy (non-hydrogen) atoms. The monoisotopic (exact) mass is 305 g/mol. The molecule has 1 amide bonds. The van der Waals surface area contributed by atoms with Crippen molar-refractivity contribution in [2.75, 3.05) is 12.0 Å². The number of rotatable bonds is 1. The predicted molar refractivity (Wildman–Crippen MR) is 81.4 cm³/mol. The molecule has 3 rings (SSSR count). The average Bonchev–Trinajstić information content (AvgIpc) is 2.45. The molecular weight excluding hydrogens is 294 g/mol. The molecule has 2 aromatic carbocycles. The van der Waals surface area contributed by atoms with Crippen LogP contribution >= 0.6 is 23.4 Å². The van der Waals surface area contributed by atoms with Gasteiger partial charge in [-0.2, -0.15) is 0 Å². The van der Waals surface area contributed by atoms with Gasteiger partial charge in [-0.25, -0.2) is 0 Å². The van der Waals surface area contributed by atoms with Crippen molar-refractivity contribution in [2.45, 2.75) is 16.7 Å². The Balaban J connectivity index is 2.25. The number of para-hydroxylation sites is 1. The molecule has 0 unspecified atom stereocenters. The standard InChI is InChI=1S/C15H12ClNO2S/c1-9(18)17-10-5-3-4-6-13(10)20-15-11(17)7-8-12(19-2)14(15)16/h3-8H,1-2H3. The summed E-state index contributed by atoms with van der Waals surface area (Å²) in [6.07, 6.45) is 0. The smallest absolute Gasteiger partial charge is 0.228 e. The summed E-state index contributed by atoms with van der Waals surface area (Å²) in [5, 5.41) is 0.538. The fourth-order valence-corrected chi connectivity index (χ4v) is 3.70. The van der Waals surface area contributed by atoms with Crippen molar-refractivity contribution in [1.82, 2.24) is 0 Å². The van der Waals surface area contributed by atoms with Crippen molar-refractivity contribution in [2.24, 2.45) is 0 Å². The molecule has 0 saturated carbocycles. The zero-order valence-corrected chi connectivity index (χ0v) is 12.6. The Morgan fingerprint density at radius 2 is 1.95 bits per heavy atom. The second-order valence-corrected chi connectivity index (χ2v) is 5.78.